The molecule has 0 unspecified atom stereocenters. The summed E-state index contributed by atoms with van der Waals surface area (Å²) in [5.74, 6) is -2.25. The molecule has 18 heavy (non-hydrogen) atoms. The lowest BCUT2D eigenvalue weighted by Gasteiger charge is -2.10. The van der Waals surface area contributed by atoms with Crippen LogP contribution in [-0.4, -0.2) is 26.9 Å². The quantitative estimate of drug-likeness (QED) is 0.871. The van der Waals surface area contributed by atoms with Crippen LogP contribution in [-0.2, 0) is 6.54 Å². The number of carboxylic acids is 1. The molecule has 0 spiro atoms. The smallest absolute Gasteiger partial charge is 0.406 e. The van der Waals surface area contributed by atoms with Crippen molar-refractivity contribution in [3.8, 4) is 5.75 Å². The van der Waals surface area contributed by atoms with E-state index in [0.717, 1.165) is 0 Å². The number of carboxylic acid groups (broad SMARTS) is 1. The number of aromatic carboxylic acids is 1. The van der Waals surface area contributed by atoms with E-state index in [1.807, 2.05) is 0 Å². The first-order valence-electron chi connectivity index (χ1n) is 4.91. The maximum Gasteiger partial charge on any atom is 0.406 e. The zero-order chi connectivity index (χ0) is 13.5. The number of fused-ring (bicyclic) bond motifs is 1. The van der Waals surface area contributed by atoms with Crippen molar-refractivity contribution >= 4 is 16.9 Å². The second kappa shape index (κ2) is 3.94. The number of aromatic nitrogens is 1. The molecule has 7 heteroatoms. The molecule has 0 saturated carbocycles. The topological polar surface area (TPSA) is 62.5 Å². The second-order valence-electron chi connectivity index (χ2n) is 3.72. The van der Waals surface area contributed by atoms with Gasteiger partial charge in [0.05, 0.1) is 5.52 Å². The summed E-state index contributed by atoms with van der Waals surface area (Å²) in [7, 11) is 0. The lowest BCUT2D eigenvalue weighted by Crippen LogP contribution is -2.20. The zero-order valence-corrected chi connectivity index (χ0v) is 8.90. The summed E-state index contributed by atoms with van der Waals surface area (Å²) in [6.07, 6.45) is -4.57. The second-order valence-corrected chi connectivity index (χ2v) is 3.72. The molecule has 2 N–H and O–H groups in total. The van der Waals surface area contributed by atoms with Crippen LogP contribution < -0.4 is 0 Å². The molecule has 0 fully saturated rings. The van der Waals surface area contributed by atoms with E-state index in [9.17, 15) is 23.1 Å². The van der Waals surface area contributed by atoms with Gasteiger partial charge in [0.15, 0.2) is 11.4 Å². The van der Waals surface area contributed by atoms with Gasteiger partial charge in [-0.3, -0.25) is 0 Å². The molecular weight excluding hydrogens is 251 g/mol. The Morgan fingerprint density at radius 1 is 1.28 bits per heavy atom. The number of rotatable bonds is 2. The fraction of sp³-hybridized carbons (Fsp3) is 0.182. The lowest BCUT2D eigenvalue weighted by atomic mass is 10.2. The molecule has 1 aromatic heterocycles. The molecule has 96 valence electrons. The number of benzene rings is 1. The minimum Gasteiger partial charge on any atom is -0.505 e. The zero-order valence-electron chi connectivity index (χ0n) is 8.90. The minimum atomic E-state index is -4.57. The summed E-state index contributed by atoms with van der Waals surface area (Å²) >= 11 is 0. The van der Waals surface area contributed by atoms with Crippen molar-refractivity contribution in [2.75, 3.05) is 0 Å². The maximum atomic E-state index is 12.4. The molecule has 2 aromatic rings. The summed E-state index contributed by atoms with van der Waals surface area (Å²) in [5.41, 5.74) is -0.724. The summed E-state index contributed by atoms with van der Waals surface area (Å²) in [6, 6.07) is 5.67. The van der Waals surface area contributed by atoms with Gasteiger partial charge < -0.3 is 14.8 Å². The molecule has 1 heterocycles. The van der Waals surface area contributed by atoms with Crippen molar-refractivity contribution in [3.63, 3.8) is 0 Å². The highest BCUT2D eigenvalue weighted by Gasteiger charge is 2.32. The first-order chi connectivity index (χ1) is 8.31. The van der Waals surface area contributed by atoms with E-state index >= 15 is 0 Å². The number of hydrogen-bond donors (Lipinski definition) is 2. The van der Waals surface area contributed by atoms with Crippen molar-refractivity contribution in [1.82, 2.24) is 4.57 Å². The van der Waals surface area contributed by atoms with Crippen molar-refractivity contribution < 1.29 is 28.2 Å². The van der Waals surface area contributed by atoms with E-state index in [1.165, 1.54) is 24.3 Å². The normalized spacial score (nSPS) is 11.9. The van der Waals surface area contributed by atoms with Crippen LogP contribution in [0.15, 0.2) is 24.3 Å². The Balaban J connectivity index is 2.75. The Bertz CT molecular complexity index is 616. The molecule has 0 amide bonds. The van der Waals surface area contributed by atoms with Crippen molar-refractivity contribution in [2.45, 2.75) is 12.7 Å². The number of halogens is 3. The van der Waals surface area contributed by atoms with Crippen LogP contribution in [0.4, 0.5) is 13.2 Å². The Hall–Kier alpha value is -2.18. The molecule has 4 nitrogen and oxygen atoms in total. The monoisotopic (exact) mass is 259 g/mol. The van der Waals surface area contributed by atoms with Crippen molar-refractivity contribution in [3.05, 3.63) is 30.0 Å². The van der Waals surface area contributed by atoms with Gasteiger partial charge in [0, 0.05) is 5.39 Å². The Kier molecular flexibility index (Phi) is 2.68. The highest BCUT2D eigenvalue weighted by molar-refractivity contribution is 6.00. The van der Waals surface area contributed by atoms with Gasteiger partial charge in [0.25, 0.3) is 0 Å². The van der Waals surface area contributed by atoms with Gasteiger partial charge in [-0.15, -0.1) is 0 Å². The van der Waals surface area contributed by atoms with Crippen LogP contribution in [0, 0.1) is 0 Å². The molecule has 2 rings (SSSR count). The van der Waals surface area contributed by atoms with Crippen LogP contribution in [0.5, 0.6) is 5.75 Å². The van der Waals surface area contributed by atoms with E-state index in [1.54, 1.807) is 0 Å². The average Bonchev–Trinajstić information content (AvgIpc) is 2.51. The molecule has 0 radical (unpaired) electrons. The van der Waals surface area contributed by atoms with Gasteiger partial charge in [-0.1, -0.05) is 12.1 Å². The van der Waals surface area contributed by atoms with Gasteiger partial charge >= 0.3 is 12.1 Å². The Morgan fingerprint density at radius 2 is 1.89 bits per heavy atom. The Morgan fingerprint density at radius 3 is 2.44 bits per heavy atom. The first-order valence-corrected chi connectivity index (χ1v) is 4.91. The highest BCUT2D eigenvalue weighted by atomic mass is 19.4. The molecule has 0 bridgehead atoms. The molecule has 0 aliphatic rings. The maximum absolute atomic E-state index is 12.4. The largest absolute Gasteiger partial charge is 0.505 e. The third-order valence-corrected chi connectivity index (χ3v) is 2.48. The third kappa shape index (κ3) is 1.99. The van der Waals surface area contributed by atoms with E-state index in [4.69, 9.17) is 5.11 Å². The third-order valence-electron chi connectivity index (χ3n) is 2.48. The molecule has 0 aliphatic carbocycles. The first kappa shape index (κ1) is 12.3. The van der Waals surface area contributed by atoms with Crippen LogP contribution in [0.25, 0.3) is 10.9 Å². The fourth-order valence-corrected chi connectivity index (χ4v) is 1.85. The molecular formula is C11H8F3NO3. The molecule has 0 saturated heterocycles. The van der Waals surface area contributed by atoms with Crippen LogP contribution >= 0.6 is 0 Å². The van der Waals surface area contributed by atoms with Gasteiger partial charge in [0.1, 0.15) is 6.54 Å². The van der Waals surface area contributed by atoms with Crippen LogP contribution in [0.1, 0.15) is 10.5 Å². The number of alkyl halides is 3. The summed E-state index contributed by atoms with van der Waals surface area (Å²) in [4.78, 5) is 10.9. The molecule has 0 atom stereocenters. The van der Waals surface area contributed by atoms with E-state index < -0.39 is 30.1 Å². The van der Waals surface area contributed by atoms with Crippen LogP contribution in [0.2, 0.25) is 0 Å². The van der Waals surface area contributed by atoms with Crippen molar-refractivity contribution in [2.24, 2.45) is 0 Å². The number of hydrogen-bond acceptors (Lipinski definition) is 2. The van der Waals surface area contributed by atoms with Crippen molar-refractivity contribution in [1.29, 1.82) is 0 Å². The lowest BCUT2D eigenvalue weighted by molar-refractivity contribution is -0.140. The summed E-state index contributed by atoms with van der Waals surface area (Å²) < 4.78 is 37.8. The number of aromatic hydroxyl groups is 1. The standard InChI is InChI=1S/C11H8F3NO3/c12-11(13,14)5-15-7-4-2-1-3-6(7)9(16)8(15)10(17)18/h1-4,16H,5H2,(H,17,18). The average molecular weight is 259 g/mol. The van der Waals surface area contributed by atoms with Gasteiger partial charge in [-0.05, 0) is 12.1 Å². The SMILES string of the molecule is O=C(O)c1c(O)c2ccccc2n1CC(F)(F)F. The van der Waals surface area contributed by atoms with Gasteiger partial charge in [-0.25, -0.2) is 4.79 Å². The molecule has 0 aliphatic heterocycles. The highest BCUT2D eigenvalue weighted by Crippen LogP contribution is 2.34. The number of nitrogens with zero attached hydrogens (tertiary/aromatic N) is 1. The Labute approximate surface area is 98.9 Å². The molecule has 1 aromatic carbocycles. The predicted octanol–water partition coefficient (Wildman–Crippen LogP) is 2.61. The fourth-order valence-electron chi connectivity index (χ4n) is 1.85. The van der Waals surface area contributed by atoms with Gasteiger partial charge in [-0.2, -0.15) is 13.2 Å². The predicted molar refractivity (Wildman–Crippen MR) is 56.6 cm³/mol. The van der Waals surface area contributed by atoms with Crippen LogP contribution in [0.3, 0.4) is 0 Å². The minimum absolute atomic E-state index is 0.0322. The number of carbonyl (C=O) groups is 1. The number of para-hydroxylation sites is 1. The van der Waals surface area contributed by atoms with E-state index in [-0.39, 0.29) is 10.9 Å². The van der Waals surface area contributed by atoms with E-state index in [0.29, 0.717) is 4.57 Å². The summed E-state index contributed by atoms with van der Waals surface area (Å²) in [5, 5.41) is 18.6. The van der Waals surface area contributed by atoms with E-state index in [2.05, 4.69) is 0 Å². The summed E-state index contributed by atoms with van der Waals surface area (Å²) in [6.45, 7) is -1.46. The van der Waals surface area contributed by atoms with Gasteiger partial charge in [0.2, 0.25) is 0 Å².